The molecule has 1 aliphatic heterocycles. The number of imide groups is 1. The average molecular weight is 313 g/mol. The van der Waals surface area contributed by atoms with E-state index in [-0.39, 0.29) is 18.8 Å². The van der Waals surface area contributed by atoms with E-state index in [2.05, 4.69) is 0 Å². The number of unbranched alkanes of at least 4 members (excludes halogenated alkanes) is 1. The molecule has 0 aromatic carbocycles. The number of carbonyl (C=O) groups is 4. The topological polar surface area (TPSA) is 90.0 Å². The van der Waals surface area contributed by atoms with Gasteiger partial charge in [-0.1, -0.05) is 13.3 Å². The molecule has 0 aromatic heterocycles. The smallest absolute Gasteiger partial charge is 0.417 e. The summed E-state index contributed by atoms with van der Waals surface area (Å²) in [5.74, 6) is -1.87. The lowest BCUT2D eigenvalue weighted by atomic mass is 10.0. The zero-order valence-electron chi connectivity index (χ0n) is 13.5. The van der Waals surface area contributed by atoms with Gasteiger partial charge in [0, 0.05) is 6.42 Å². The van der Waals surface area contributed by atoms with Crippen LogP contribution in [-0.4, -0.2) is 46.9 Å². The van der Waals surface area contributed by atoms with Crippen molar-refractivity contribution in [2.24, 2.45) is 0 Å². The SMILES string of the molecule is CCCCOC(=O)[C@H]1CC(=O)CC(=O)N1C(=O)OC(C)(C)C. The summed E-state index contributed by atoms with van der Waals surface area (Å²) in [6, 6.07) is -1.24. The normalized spacial score (nSPS) is 19.1. The number of ketones is 1. The summed E-state index contributed by atoms with van der Waals surface area (Å²) in [6.45, 7) is 7.09. The van der Waals surface area contributed by atoms with Gasteiger partial charge in [-0.15, -0.1) is 0 Å². The summed E-state index contributed by atoms with van der Waals surface area (Å²) in [5, 5.41) is 0. The lowest BCUT2D eigenvalue weighted by Gasteiger charge is -2.33. The number of carbonyl (C=O) groups excluding carboxylic acids is 4. The Hall–Kier alpha value is -1.92. The van der Waals surface area contributed by atoms with E-state index in [0.29, 0.717) is 11.3 Å². The van der Waals surface area contributed by atoms with Crippen molar-refractivity contribution in [1.29, 1.82) is 0 Å². The minimum absolute atomic E-state index is 0.191. The molecule has 124 valence electrons. The van der Waals surface area contributed by atoms with Gasteiger partial charge in [0.2, 0.25) is 5.91 Å². The largest absolute Gasteiger partial charge is 0.464 e. The van der Waals surface area contributed by atoms with Crippen molar-refractivity contribution < 1.29 is 28.7 Å². The molecule has 0 saturated carbocycles. The lowest BCUT2D eigenvalue weighted by Crippen LogP contribution is -2.55. The molecule has 1 atom stereocenters. The van der Waals surface area contributed by atoms with Crippen molar-refractivity contribution in [2.45, 2.75) is 65.0 Å². The number of rotatable bonds is 4. The van der Waals surface area contributed by atoms with Gasteiger partial charge in [-0.05, 0) is 27.2 Å². The van der Waals surface area contributed by atoms with E-state index >= 15 is 0 Å². The van der Waals surface area contributed by atoms with Gasteiger partial charge in [0.15, 0.2) is 0 Å². The molecule has 1 rings (SSSR count). The molecular weight excluding hydrogens is 290 g/mol. The Morgan fingerprint density at radius 3 is 2.45 bits per heavy atom. The molecule has 2 amide bonds. The van der Waals surface area contributed by atoms with Crippen LogP contribution in [0, 0.1) is 0 Å². The Morgan fingerprint density at radius 1 is 1.27 bits per heavy atom. The fourth-order valence-corrected chi connectivity index (χ4v) is 1.95. The fraction of sp³-hybridized carbons (Fsp3) is 0.733. The van der Waals surface area contributed by atoms with Crippen LogP contribution in [0.4, 0.5) is 4.79 Å². The Balaban J connectivity index is 2.87. The second-order valence-electron chi connectivity index (χ2n) is 6.20. The quantitative estimate of drug-likeness (QED) is 0.447. The highest BCUT2D eigenvalue weighted by Crippen LogP contribution is 2.21. The summed E-state index contributed by atoms with van der Waals surface area (Å²) in [7, 11) is 0. The molecular formula is C15H23NO6. The average Bonchev–Trinajstić information content (AvgIpc) is 2.35. The summed E-state index contributed by atoms with van der Waals surface area (Å²) >= 11 is 0. The molecule has 0 spiro atoms. The molecule has 0 bridgehead atoms. The number of ether oxygens (including phenoxy) is 2. The highest BCUT2D eigenvalue weighted by Gasteiger charge is 2.43. The van der Waals surface area contributed by atoms with Gasteiger partial charge in [-0.2, -0.15) is 0 Å². The van der Waals surface area contributed by atoms with Gasteiger partial charge in [-0.3, -0.25) is 9.59 Å². The Labute approximate surface area is 129 Å². The monoisotopic (exact) mass is 313 g/mol. The van der Waals surface area contributed by atoms with E-state index in [0.717, 1.165) is 6.42 Å². The summed E-state index contributed by atoms with van der Waals surface area (Å²) in [6.07, 6.45) is -0.0470. The van der Waals surface area contributed by atoms with Crippen molar-refractivity contribution in [3.05, 3.63) is 0 Å². The van der Waals surface area contributed by atoms with E-state index in [1.54, 1.807) is 20.8 Å². The summed E-state index contributed by atoms with van der Waals surface area (Å²) in [4.78, 5) is 48.5. The van der Waals surface area contributed by atoms with E-state index in [4.69, 9.17) is 9.47 Å². The molecule has 0 aliphatic carbocycles. The molecule has 1 heterocycles. The maximum absolute atomic E-state index is 12.1. The van der Waals surface area contributed by atoms with Crippen LogP contribution in [0.2, 0.25) is 0 Å². The molecule has 0 aromatic rings. The Morgan fingerprint density at radius 2 is 1.91 bits per heavy atom. The van der Waals surface area contributed by atoms with Crippen molar-refractivity contribution in [3.63, 3.8) is 0 Å². The van der Waals surface area contributed by atoms with Crippen LogP contribution >= 0.6 is 0 Å². The Kier molecular flexibility index (Phi) is 6.08. The first-order valence-electron chi connectivity index (χ1n) is 7.39. The molecule has 0 N–H and O–H groups in total. The number of amides is 2. The predicted octanol–water partition coefficient (Wildman–Crippen LogP) is 1.82. The van der Waals surface area contributed by atoms with Crippen LogP contribution in [0.5, 0.6) is 0 Å². The minimum Gasteiger partial charge on any atom is -0.464 e. The lowest BCUT2D eigenvalue weighted by molar-refractivity contribution is -0.159. The minimum atomic E-state index is -1.24. The first kappa shape index (κ1) is 18.1. The van der Waals surface area contributed by atoms with Crippen LogP contribution in [-0.2, 0) is 23.9 Å². The number of nitrogens with zero attached hydrogens (tertiary/aromatic N) is 1. The van der Waals surface area contributed by atoms with Crippen LogP contribution < -0.4 is 0 Å². The van der Waals surface area contributed by atoms with Crippen LogP contribution in [0.15, 0.2) is 0 Å². The molecule has 1 saturated heterocycles. The number of hydrogen-bond acceptors (Lipinski definition) is 6. The second kappa shape index (κ2) is 7.38. The number of piperidine rings is 1. The number of esters is 1. The van der Waals surface area contributed by atoms with Gasteiger partial charge in [-0.25, -0.2) is 14.5 Å². The molecule has 1 aliphatic rings. The molecule has 22 heavy (non-hydrogen) atoms. The molecule has 0 radical (unpaired) electrons. The van der Waals surface area contributed by atoms with Crippen molar-refractivity contribution in [2.75, 3.05) is 6.61 Å². The van der Waals surface area contributed by atoms with Crippen molar-refractivity contribution >= 4 is 23.8 Å². The standard InChI is InChI=1S/C15H23NO6/c1-5-6-7-21-13(19)11-8-10(17)9-12(18)16(11)14(20)22-15(2,3)4/h11H,5-9H2,1-4H3/t11-/m1/s1. The highest BCUT2D eigenvalue weighted by molar-refractivity contribution is 6.09. The van der Waals surface area contributed by atoms with Gasteiger partial charge < -0.3 is 9.47 Å². The first-order chi connectivity index (χ1) is 10.2. The molecule has 1 fully saturated rings. The third-order valence-electron chi connectivity index (χ3n) is 2.95. The van der Waals surface area contributed by atoms with E-state index in [9.17, 15) is 19.2 Å². The van der Waals surface area contributed by atoms with Crippen LogP contribution in [0.1, 0.15) is 53.4 Å². The zero-order valence-corrected chi connectivity index (χ0v) is 13.5. The molecule has 7 nitrogen and oxygen atoms in total. The van der Waals surface area contributed by atoms with E-state index < -0.39 is 36.0 Å². The summed E-state index contributed by atoms with van der Waals surface area (Å²) < 4.78 is 10.2. The van der Waals surface area contributed by atoms with E-state index in [1.807, 2.05) is 6.92 Å². The van der Waals surface area contributed by atoms with Crippen molar-refractivity contribution in [3.8, 4) is 0 Å². The second-order valence-corrected chi connectivity index (χ2v) is 6.20. The molecule has 0 unspecified atom stereocenters. The van der Waals surface area contributed by atoms with Gasteiger partial charge in [0.05, 0.1) is 13.0 Å². The third-order valence-corrected chi connectivity index (χ3v) is 2.95. The fourth-order valence-electron chi connectivity index (χ4n) is 1.95. The molecule has 7 heteroatoms. The number of likely N-dealkylation sites (tertiary alicyclic amines) is 1. The van der Waals surface area contributed by atoms with Gasteiger partial charge >= 0.3 is 12.1 Å². The number of Topliss-reactive ketones (excluding diaryl/α,β-unsaturated/α-hetero) is 1. The summed E-state index contributed by atoms with van der Waals surface area (Å²) in [5.41, 5.74) is -0.810. The first-order valence-corrected chi connectivity index (χ1v) is 7.39. The Bertz CT molecular complexity index is 465. The van der Waals surface area contributed by atoms with Gasteiger partial charge in [0.1, 0.15) is 17.4 Å². The zero-order chi connectivity index (χ0) is 16.9. The third kappa shape index (κ3) is 5.13. The maximum atomic E-state index is 12.1. The number of hydrogen-bond donors (Lipinski definition) is 0. The maximum Gasteiger partial charge on any atom is 0.417 e. The van der Waals surface area contributed by atoms with Crippen LogP contribution in [0.25, 0.3) is 0 Å². The predicted molar refractivity (Wildman–Crippen MR) is 77.0 cm³/mol. The van der Waals surface area contributed by atoms with Crippen molar-refractivity contribution in [1.82, 2.24) is 4.90 Å². The van der Waals surface area contributed by atoms with E-state index in [1.165, 1.54) is 0 Å². The van der Waals surface area contributed by atoms with Gasteiger partial charge in [0.25, 0.3) is 0 Å². The highest BCUT2D eigenvalue weighted by atomic mass is 16.6. The van der Waals surface area contributed by atoms with Crippen LogP contribution in [0.3, 0.4) is 0 Å².